The summed E-state index contributed by atoms with van der Waals surface area (Å²) >= 11 is 0. The number of ketones is 2. The number of unbranched alkanes of at least 4 members (excludes halogenated alkanes) is 26. The van der Waals surface area contributed by atoms with E-state index in [1.54, 1.807) is 0 Å². The second kappa shape index (κ2) is 37.1. The summed E-state index contributed by atoms with van der Waals surface area (Å²) in [5.74, 6) is -1.61. The molecule has 0 fully saturated rings. The van der Waals surface area contributed by atoms with Crippen molar-refractivity contribution < 1.29 is 19.2 Å². The smallest absolute Gasteiger partial charge is 0.238 e. The second-order valence-corrected chi connectivity index (χ2v) is 15.5. The third kappa shape index (κ3) is 28.3. The summed E-state index contributed by atoms with van der Waals surface area (Å²) in [6.45, 7) is 4.51. The largest absolute Gasteiger partial charge is 0.370 e. The number of allylic oxidation sites excluding steroid dienone is 4. The SMILES string of the molecule is CCCCCCCCC=CCCCCCCCC(=O)C(CCCCCCCC(N)=O)(C(N)=O)C(=O)CCCCCCCC=CCCCCCCCC. The van der Waals surface area contributed by atoms with Crippen LogP contribution in [-0.2, 0) is 19.2 Å². The Labute approximate surface area is 321 Å². The van der Waals surface area contributed by atoms with Crippen LogP contribution in [0.2, 0.25) is 0 Å². The van der Waals surface area contributed by atoms with E-state index in [0.29, 0.717) is 25.7 Å². The van der Waals surface area contributed by atoms with Gasteiger partial charge in [0.05, 0.1) is 0 Å². The first kappa shape index (κ1) is 49.8. The van der Waals surface area contributed by atoms with Crippen LogP contribution in [0.5, 0.6) is 0 Å². The number of nitrogens with two attached hydrogens (primary N) is 2. The zero-order chi connectivity index (χ0) is 38.4. The van der Waals surface area contributed by atoms with Crippen LogP contribution in [0.4, 0.5) is 0 Å². The van der Waals surface area contributed by atoms with E-state index in [9.17, 15) is 19.2 Å². The van der Waals surface area contributed by atoms with Gasteiger partial charge in [-0.25, -0.2) is 0 Å². The summed E-state index contributed by atoms with van der Waals surface area (Å²) in [7, 11) is 0. The summed E-state index contributed by atoms with van der Waals surface area (Å²) in [6.07, 6.45) is 44.6. The molecule has 4 N–H and O–H groups in total. The van der Waals surface area contributed by atoms with Gasteiger partial charge in [-0.1, -0.05) is 167 Å². The molecule has 0 aromatic rings. The molecule has 6 nitrogen and oxygen atoms in total. The van der Waals surface area contributed by atoms with Crippen LogP contribution >= 0.6 is 0 Å². The van der Waals surface area contributed by atoms with E-state index in [1.807, 2.05) is 0 Å². The van der Waals surface area contributed by atoms with Crippen molar-refractivity contribution in [3.05, 3.63) is 24.3 Å². The van der Waals surface area contributed by atoms with Gasteiger partial charge in [-0.15, -0.1) is 0 Å². The first-order valence-electron chi connectivity index (χ1n) is 22.3. The van der Waals surface area contributed by atoms with E-state index < -0.39 is 11.3 Å². The fourth-order valence-corrected chi connectivity index (χ4v) is 7.19. The van der Waals surface area contributed by atoms with E-state index in [1.165, 1.54) is 89.9 Å². The minimum atomic E-state index is -1.70. The first-order valence-corrected chi connectivity index (χ1v) is 22.3. The topological polar surface area (TPSA) is 120 Å². The summed E-state index contributed by atoms with van der Waals surface area (Å²) in [5, 5.41) is 0. The number of Topliss-reactive ketones (excluding diaryl/α,β-unsaturated/α-hetero) is 2. The maximum Gasteiger partial charge on any atom is 0.238 e. The highest BCUT2D eigenvalue weighted by atomic mass is 16.2. The third-order valence-corrected chi connectivity index (χ3v) is 10.7. The number of carbonyl (C=O) groups excluding carboxylic acids is 4. The highest BCUT2D eigenvalue weighted by Crippen LogP contribution is 2.33. The van der Waals surface area contributed by atoms with Gasteiger partial charge in [-0.2, -0.15) is 0 Å². The lowest BCUT2D eigenvalue weighted by molar-refractivity contribution is -0.149. The van der Waals surface area contributed by atoms with Crippen LogP contribution in [0.25, 0.3) is 0 Å². The standard InChI is InChI=1S/C46H84N2O4/c1-3-5-7-9-11-13-15-17-19-21-23-25-27-30-34-38-42(49)46(45(48)52,41-37-33-29-32-36-40-44(47)51)43(50)39-35-31-28-26-24-22-20-18-16-14-12-10-8-6-4-2/h17-20H,3-16,21-41H2,1-2H3,(H2,47,51)(H2,48,52). The van der Waals surface area contributed by atoms with Gasteiger partial charge in [0.25, 0.3) is 0 Å². The number of hydrogen-bond acceptors (Lipinski definition) is 4. The number of rotatable bonds is 41. The molecule has 0 aliphatic carbocycles. The van der Waals surface area contributed by atoms with Crippen molar-refractivity contribution in [2.24, 2.45) is 16.9 Å². The molecule has 0 aromatic carbocycles. The Morgan fingerprint density at radius 2 is 0.673 bits per heavy atom. The van der Waals surface area contributed by atoms with E-state index in [2.05, 4.69) is 38.2 Å². The van der Waals surface area contributed by atoms with Gasteiger partial charge in [0, 0.05) is 19.3 Å². The normalized spacial score (nSPS) is 12.9. The zero-order valence-corrected chi connectivity index (χ0v) is 34.3. The van der Waals surface area contributed by atoms with Crippen molar-refractivity contribution in [2.75, 3.05) is 0 Å². The van der Waals surface area contributed by atoms with Crippen LogP contribution in [0.3, 0.4) is 0 Å². The van der Waals surface area contributed by atoms with Crippen LogP contribution in [0, 0.1) is 5.41 Å². The second-order valence-electron chi connectivity index (χ2n) is 15.5. The summed E-state index contributed by atoms with van der Waals surface area (Å²) < 4.78 is 0. The molecule has 6 heteroatoms. The molecule has 0 radical (unpaired) electrons. The molecule has 2 amide bonds. The van der Waals surface area contributed by atoms with Crippen molar-refractivity contribution in [1.29, 1.82) is 0 Å². The highest BCUT2D eigenvalue weighted by Gasteiger charge is 2.48. The fourth-order valence-electron chi connectivity index (χ4n) is 7.19. The Kier molecular flexibility index (Phi) is 35.5. The fraction of sp³-hybridized carbons (Fsp3) is 0.826. The molecule has 0 unspecified atom stereocenters. The van der Waals surface area contributed by atoms with Gasteiger partial charge in [0.15, 0.2) is 17.0 Å². The van der Waals surface area contributed by atoms with Crippen molar-refractivity contribution in [2.45, 2.75) is 239 Å². The predicted molar refractivity (Wildman–Crippen MR) is 222 cm³/mol. The molecule has 0 saturated carbocycles. The average molecular weight is 729 g/mol. The molecule has 0 bridgehead atoms. The number of carbonyl (C=O) groups is 4. The summed E-state index contributed by atoms with van der Waals surface area (Å²) in [4.78, 5) is 51.4. The third-order valence-electron chi connectivity index (χ3n) is 10.7. The average Bonchev–Trinajstić information content (AvgIpc) is 3.12. The minimum Gasteiger partial charge on any atom is -0.370 e. The molecule has 52 heavy (non-hydrogen) atoms. The monoisotopic (exact) mass is 729 g/mol. The lowest BCUT2D eigenvalue weighted by Crippen LogP contribution is -2.50. The van der Waals surface area contributed by atoms with Crippen LogP contribution < -0.4 is 11.5 Å². The van der Waals surface area contributed by atoms with E-state index in [0.717, 1.165) is 89.9 Å². The van der Waals surface area contributed by atoms with Crippen molar-refractivity contribution in [3.63, 3.8) is 0 Å². The van der Waals surface area contributed by atoms with Gasteiger partial charge in [0.1, 0.15) is 0 Å². The van der Waals surface area contributed by atoms with Crippen molar-refractivity contribution >= 4 is 23.4 Å². The molecule has 0 heterocycles. The van der Waals surface area contributed by atoms with E-state index in [-0.39, 0.29) is 36.7 Å². The molecule has 0 aliphatic rings. The Bertz CT molecular complexity index is 889. The Morgan fingerprint density at radius 1 is 0.385 bits per heavy atom. The lowest BCUT2D eigenvalue weighted by Gasteiger charge is -2.28. The first-order chi connectivity index (χ1) is 25.3. The molecule has 0 rings (SSSR count). The van der Waals surface area contributed by atoms with Gasteiger partial charge in [-0.3, -0.25) is 19.2 Å². The summed E-state index contributed by atoms with van der Waals surface area (Å²) in [6, 6.07) is 0. The van der Waals surface area contributed by atoms with Crippen molar-refractivity contribution in [1.82, 2.24) is 0 Å². The van der Waals surface area contributed by atoms with Gasteiger partial charge in [0.2, 0.25) is 11.8 Å². The molecule has 0 atom stereocenters. The van der Waals surface area contributed by atoms with Gasteiger partial charge < -0.3 is 11.5 Å². The van der Waals surface area contributed by atoms with Gasteiger partial charge >= 0.3 is 0 Å². The zero-order valence-electron chi connectivity index (χ0n) is 34.3. The van der Waals surface area contributed by atoms with E-state index in [4.69, 9.17) is 11.5 Å². The van der Waals surface area contributed by atoms with Gasteiger partial charge in [-0.05, 0) is 77.0 Å². The highest BCUT2D eigenvalue weighted by molar-refractivity contribution is 6.23. The lowest BCUT2D eigenvalue weighted by atomic mass is 9.71. The van der Waals surface area contributed by atoms with Crippen LogP contribution in [0.1, 0.15) is 239 Å². The Hall–Kier alpha value is -2.24. The number of primary amides is 2. The summed E-state index contributed by atoms with van der Waals surface area (Å²) in [5.41, 5.74) is 9.49. The maximum absolute atomic E-state index is 13.7. The van der Waals surface area contributed by atoms with E-state index >= 15 is 0 Å². The Morgan fingerprint density at radius 3 is 1.00 bits per heavy atom. The number of hydrogen-bond donors (Lipinski definition) is 2. The minimum absolute atomic E-state index is 0.200. The van der Waals surface area contributed by atoms with Crippen LogP contribution in [0.15, 0.2) is 24.3 Å². The molecule has 302 valence electrons. The van der Waals surface area contributed by atoms with Crippen molar-refractivity contribution in [3.8, 4) is 0 Å². The number of amides is 2. The quantitative estimate of drug-likeness (QED) is 0.0370. The molecule has 0 saturated heterocycles. The Balaban J connectivity index is 4.64. The van der Waals surface area contributed by atoms with Crippen LogP contribution in [-0.4, -0.2) is 23.4 Å². The maximum atomic E-state index is 13.7. The molecular formula is C46H84N2O4. The molecular weight excluding hydrogens is 645 g/mol. The molecule has 0 aromatic heterocycles. The molecule has 0 aliphatic heterocycles. The molecule has 0 spiro atoms. The predicted octanol–water partition coefficient (Wildman–Crippen LogP) is 12.9.